The number of fused-ring (bicyclic) bond motifs is 1. The Hall–Kier alpha value is -4.78. The zero-order valence-electron chi connectivity index (χ0n) is 17.1. The van der Waals surface area contributed by atoms with Crippen molar-refractivity contribution in [2.45, 2.75) is 6.92 Å². The van der Waals surface area contributed by atoms with Crippen LogP contribution < -0.4 is 10.1 Å². The van der Waals surface area contributed by atoms with Gasteiger partial charge in [0.05, 0.1) is 18.2 Å². The van der Waals surface area contributed by atoms with E-state index in [0.717, 1.165) is 10.9 Å². The molecular weight excluding hydrogens is 412 g/mol. The molecule has 0 atom stereocenters. The second-order valence-electron chi connectivity index (χ2n) is 6.81. The minimum absolute atomic E-state index is 0.0526. The van der Waals surface area contributed by atoms with Gasteiger partial charge in [-0.2, -0.15) is 15.0 Å². The Labute approximate surface area is 181 Å². The number of amides is 1. The molecule has 0 radical (unpaired) electrons. The lowest BCUT2D eigenvalue weighted by Gasteiger charge is -2.12. The number of para-hydroxylation sites is 2. The first-order valence-corrected chi connectivity index (χ1v) is 9.42. The molecule has 0 aliphatic carbocycles. The standard InChI is InChI=1S/C22H16N6O4/c1-13-10-19(25-20-15(13)7-5-9-18(20)32-2)27-21(14(11-23)12-24-27)26-22(29)16-6-3-4-8-17(16)28(30)31/h3-10,12H,1-2H3,(H,26,29). The van der Waals surface area contributed by atoms with Crippen LogP contribution in [0.15, 0.2) is 54.7 Å². The predicted octanol–water partition coefficient (Wildman–Crippen LogP) is 3.77. The van der Waals surface area contributed by atoms with Gasteiger partial charge < -0.3 is 10.1 Å². The number of nitro groups is 1. The van der Waals surface area contributed by atoms with Gasteiger partial charge >= 0.3 is 0 Å². The molecule has 4 rings (SSSR count). The lowest BCUT2D eigenvalue weighted by Crippen LogP contribution is -2.17. The first-order valence-electron chi connectivity index (χ1n) is 9.42. The first-order chi connectivity index (χ1) is 15.4. The van der Waals surface area contributed by atoms with E-state index in [2.05, 4.69) is 15.4 Å². The maximum absolute atomic E-state index is 12.9. The number of rotatable bonds is 5. The van der Waals surface area contributed by atoms with E-state index >= 15 is 0 Å². The summed E-state index contributed by atoms with van der Waals surface area (Å²) in [5.74, 6) is 0.215. The highest BCUT2D eigenvalue weighted by Crippen LogP contribution is 2.29. The summed E-state index contributed by atoms with van der Waals surface area (Å²) in [6.07, 6.45) is 1.29. The van der Waals surface area contributed by atoms with E-state index < -0.39 is 10.8 Å². The largest absolute Gasteiger partial charge is 0.494 e. The van der Waals surface area contributed by atoms with Gasteiger partial charge in [-0.25, -0.2) is 4.98 Å². The van der Waals surface area contributed by atoms with Crippen molar-refractivity contribution in [1.82, 2.24) is 14.8 Å². The number of nitro benzene ring substituents is 1. The fourth-order valence-corrected chi connectivity index (χ4v) is 3.37. The molecule has 10 nitrogen and oxygen atoms in total. The average molecular weight is 428 g/mol. The van der Waals surface area contributed by atoms with Crippen molar-refractivity contribution in [1.29, 1.82) is 5.26 Å². The maximum Gasteiger partial charge on any atom is 0.282 e. The Morgan fingerprint density at radius 1 is 1.25 bits per heavy atom. The minimum Gasteiger partial charge on any atom is -0.494 e. The molecule has 158 valence electrons. The van der Waals surface area contributed by atoms with Crippen LogP contribution in [0.3, 0.4) is 0 Å². The molecule has 0 aliphatic rings. The van der Waals surface area contributed by atoms with E-state index in [4.69, 9.17) is 4.74 Å². The molecule has 0 bridgehead atoms. The van der Waals surface area contributed by atoms with E-state index in [1.165, 1.54) is 35.1 Å². The highest BCUT2D eigenvalue weighted by molar-refractivity contribution is 6.07. The summed E-state index contributed by atoms with van der Waals surface area (Å²) in [4.78, 5) is 28.1. The quantitative estimate of drug-likeness (QED) is 0.377. The van der Waals surface area contributed by atoms with Crippen LogP contribution in [0.4, 0.5) is 11.5 Å². The van der Waals surface area contributed by atoms with Crippen LogP contribution in [0.5, 0.6) is 5.75 Å². The number of aryl methyl sites for hydroxylation is 1. The minimum atomic E-state index is -0.745. The summed E-state index contributed by atoms with van der Waals surface area (Å²) in [5, 5.41) is 28.5. The molecule has 32 heavy (non-hydrogen) atoms. The van der Waals surface area contributed by atoms with Crippen LogP contribution in [0.1, 0.15) is 21.5 Å². The highest BCUT2D eigenvalue weighted by atomic mass is 16.6. The van der Waals surface area contributed by atoms with Crippen molar-refractivity contribution >= 4 is 28.3 Å². The lowest BCUT2D eigenvalue weighted by molar-refractivity contribution is -0.385. The molecule has 2 aromatic carbocycles. The van der Waals surface area contributed by atoms with Crippen molar-refractivity contribution < 1.29 is 14.5 Å². The Morgan fingerprint density at radius 3 is 2.75 bits per heavy atom. The number of ether oxygens (including phenoxy) is 1. The predicted molar refractivity (Wildman–Crippen MR) is 116 cm³/mol. The van der Waals surface area contributed by atoms with Crippen LogP contribution in [0.25, 0.3) is 16.7 Å². The number of pyridine rings is 1. The average Bonchev–Trinajstić information content (AvgIpc) is 3.21. The number of carbonyl (C=O) groups is 1. The molecule has 1 amide bonds. The molecule has 0 saturated heterocycles. The Bertz CT molecular complexity index is 1420. The number of methoxy groups -OCH3 is 1. The molecule has 0 fully saturated rings. The second-order valence-corrected chi connectivity index (χ2v) is 6.81. The van der Waals surface area contributed by atoms with Gasteiger partial charge in [-0.05, 0) is 30.7 Å². The summed E-state index contributed by atoms with van der Waals surface area (Å²) in [6.45, 7) is 1.90. The third kappa shape index (κ3) is 3.48. The zero-order chi connectivity index (χ0) is 22.8. The van der Waals surface area contributed by atoms with Gasteiger partial charge in [0, 0.05) is 11.5 Å². The summed E-state index contributed by atoms with van der Waals surface area (Å²) in [7, 11) is 1.54. The van der Waals surface area contributed by atoms with Gasteiger partial charge in [0.2, 0.25) is 0 Å². The van der Waals surface area contributed by atoms with E-state index in [1.54, 1.807) is 19.2 Å². The van der Waals surface area contributed by atoms with Crippen molar-refractivity contribution in [3.8, 4) is 17.6 Å². The Morgan fingerprint density at radius 2 is 2.03 bits per heavy atom. The smallest absolute Gasteiger partial charge is 0.282 e. The topological polar surface area (TPSA) is 136 Å². The number of nitrogens with zero attached hydrogens (tertiary/aromatic N) is 5. The number of hydrogen-bond acceptors (Lipinski definition) is 7. The molecule has 10 heteroatoms. The van der Waals surface area contributed by atoms with Crippen molar-refractivity contribution in [3.05, 3.63) is 81.5 Å². The fourth-order valence-electron chi connectivity index (χ4n) is 3.37. The third-order valence-electron chi connectivity index (χ3n) is 4.90. The van der Waals surface area contributed by atoms with Gasteiger partial charge in [0.25, 0.3) is 11.6 Å². The lowest BCUT2D eigenvalue weighted by atomic mass is 10.1. The molecule has 2 heterocycles. The van der Waals surface area contributed by atoms with Crippen molar-refractivity contribution in [3.63, 3.8) is 0 Å². The number of nitriles is 1. The summed E-state index contributed by atoms with van der Waals surface area (Å²) in [6, 6.07) is 14.8. The van der Waals surface area contributed by atoms with Gasteiger partial charge in [0.15, 0.2) is 11.6 Å². The summed E-state index contributed by atoms with van der Waals surface area (Å²) >= 11 is 0. The van der Waals surface area contributed by atoms with Crippen LogP contribution in [0, 0.1) is 28.4 Å². The van der Waals surface area contributed by atoms with Crippen LogP contribution in [-0.4, -0.2) is 32.7 Å². The van der Waals surface area contributed by atoms with E-state index in [9.17, 15) is 20.2 Å². The van der Waals surface area contributed by atoms with Gasteiger partial charge in [-0.15, -0.1) is 0 Å². The molecular formula is C22H16N6O4. The zero-order valence-corrected chi connectivity index (χ0v) is 17.1. The normalized spacial score (nSPS) is 10.5. The van der Waals surface area contributed by atoms with Crippen LogP contribution >= 0.6 is 0 Å². The van der Waals surface area contributed by atoms with E-state index in [1.807, 2.05) is 25.1 Å². The van der Waals surface area contributed by atoms with Crippen LogP contribution in [0.2, 0.25) is 0 Å². The maximum atomic E-state index is 12.9. The van der Waals surface area contributed by atoms with E-state index in [-0.39, 0.29) is 22.6 Å². The number of aromatic nitrogens is 3. The number of benzene rings is 2. The van der Waals surface area contributed by atoms with Crippen molar-refractivity contribution in [2.24, 2.45) is 0 Å². The molecule has 1 N–H and O–H groups in total. The third-order valence-corrected chi connectivity index (χ3v) is 4.90. The summed E-state index contributed by atoms with van der Waals surface area (Å²) in [5.41, 5.74) is 1.07. The molecule has 4 aromatic rings. The van der Waals surface area contributed by atoms with Gasteiger partial charge in [-0.3, -0.25) is 14.9 Å². The number of anilines is 1. The molecule has 2 aromatic heterocycles. The molecule has 0 saturated carbocycles. The second kappa shape index (κ2) is 8.16. The fraction of sp³-hybridized carbons (Fsp3) is 0.0909. The highest BCUT2D eigenvalue weighted by Gasteiger charge is 2.23. The number of nitrogens with one attached hydrogen (secondary N) is 1. The number of hydrogen-bond donors (Lipinski definition) is 1. The first kappa shape index (κ1) is 20.5. The molecule has 0 spiro atoms. The van der Waals surface area contributed by atoms with E-state index in [0.29, 0.717) is 17.1 Å². The molecule has 0 aliphatic heterocycles. The van der Waals surface area contributed by atoms with Gasteiger partial charge in [0.1, 0.15) is 28.5 Å². The van der Waals surface area contributed by atoms with Crippen LogP contribution in [-0.2, 0) is 0 Å². The number of carbonyl (C=O) groups excluding carboxylic acids is 1. The Balaban J connectivity index is 1.83. The van der Waals surface area contributed by atoms with Crippen molar-refractivity contribution in [2.75, 3.05) is 12.4 Å². The monoisotopic (exact) mass is 428 g/mol. The SMILES string of the molecule is COc1cccc2c(C)cc(-n3ncc(C#N)c3NC(=O)c3ccccc3[N+](=O)[O-])nc12. The van der Waals surface area contributed by atoms with Gasteiger partial charge in [-0.1, -0.05) is 24.3 Å². The Kier molecular flexibility index (Phi) is 5.22. The molecule has 0 unspecified atom stereocenters. The summed E-state index contributed by atoms with van der Waals surface area (Å²) < 4.78 is 6.72.